The molecule has 0 aliphatic heterocycles. The zero-order valence-electron chi connectivity index (χ0n) is 10.3. The summed E-state index contributed by atoms with van der Waals surface area (Å²) in [6.45, 7) is 2.55. The highest BCUT2D eigenvalue weighted by Gasteiger charge is 2.06. The molecule has 0 aromatic heterocycles. The van der Waals surface area contributed by atoms with E-state index in [9.17, 15) is 18.0 Å². The topological polar surface area (TPSA) is 92.3 Å². The summed E-state index contributed by atoms with van der Waals surface area (Å²) >= 11 is 0. The molecular formula is C10H20N2O4S. The van der Waals surface area contributed by atoms with Gasteiger partial charge in [0, 0.05) is 32.7 Å². The van der Waals surface area contributed by atoms with Crippen LogP contribution in [0, 0.1) is 0 Å². The summed E-state index contributed by atoms with van der Waals surface area (Å²) in [5, 5.41) is 5.28. The Hall–Kier alpha value is -1.11. The smallest absolute Gasteiger partial charge is 0.221 e. The predicted molar refractivity (Wildman–Crippen MR) is 65.3 cm³/mol. The molecule has 2 N–H and O–H groups in total. The van der Waals surface area contributed by atoms with Gasteiger partial charge in [-0.1, -0.05) is 0 Å². The van der Waals surface area contributed by atoms with Crippen molar-refractivity contribution in [3.05, 3.63) is 0 Å². The second-order valence-electron chi connectivity index (χ2n) is 3.92. The molecular weight excluding hydrogens is 244 g/mol. The van der Waals surface area contributed by atoms with Gasteiger partial charge in [0.15, 0.2) is 0 Å². The highest BCUT2D eigenvalue weighted by Crippen LogP contribution is 1.90. The lowest BCUT2D eigenvalue weighted by Gasteiger charge is -2.05. The molecule has 0 aliphatic rings. The van der Waals surface area contributed by atoms with Crippen LogP contribution in [0.5, 0.6) is 0 Å². The second kappa shape index (κ2) is 8.05. The van der Waals surface area contributed by atoms with E-state index in [-0.39, 0.29) is 24.0 Å². The number of amides is 2. The number of rotatable bonds is 8. The Morgan fingerprint density at radius 3 is 2.06 bits per heavy atom. The molecule has 0 aromatic rings. The monoisotopic (exact) mass is 264 g/mol. The quantitative estimate of drug-likeness (QED) is 0.576. The van der Waals surface area contributed by atoms with Crippen LogP contribution in [-0.4, -0.2) is 45.3 Å². The highest BCUT2D eigenvalue weighted by molar-refractivity contribution is 7.90. The van der Waals surface area contributed by atoms with Crippen molar-refractivity contribution in [2.75, 3.05) is 25.1 Å². The maximum absolute atomic E-state index is 11.2. The van der Waals surface area contributed by atoms with Gasteiger partial charge in [-0.2, -0.15) is 0 Å². The Labute approximate surface area is 102 Å². The van der Waals surface area contributed by atoms with Crippen LogP contribution >= 0.6 is 0 Å². The van der Waals surface area contributed by atoms with Gasteiger partial charge in [-0.3, -0.25) is 9.59 Å². The molecule has 0 fully saturated rings. The number of carbonyl (C=O) groups excluding carboxylic acids is 2. The zero-order chi connectivity index (χ0) is 13.3. The van der Waals surface area contributed by atoms with Crippen molar-refractivity contribution in [1.29, 1.82) is 0 Å². The van der Waals surface area contributed by atoms with Crippen molar-refractivity contribution in [3.8, 4) is 0 Å². The van der Waals surface area contributed by atoms with E-state index < -0.39 is 9.84 Å². The number of unbranched alkanes of at least 4 members (excludes halogenated alkanes) is 1. The summed E-state index contributed by atoms with van der Waals surface area (Å²) in [6, 6.07) is 0. The van der Waals surface area contributed by atoms with Crippen LogP contribution in [0.4, 0.5) is 0 Å². The Morgan fingerprint density at radius 1 is 1.06 bits per heavy atom. The van der Waals surface area contributed by atoms with E-state index in [1.54, 1.807) is 0 Å². The molecule has 2 amide bonds. The average Bonchev–Trinajstić information content (AvgIpc) is 2.19. The summed E-state index contributed by atoms with van der Waals surface area (Å²) < 4.78 is 21.6. The maximum atomic E-state index is 11.2. The van der Waals surface area contributed by atoms with Gasteiger partial charge in [0.05, 0.1) is 5.75 Å². The van der Waals surface area contributed by atoms with Crippen molar-refractivity contribution in [3.63, 3.8) is 0 Å². The molecule has 100 valence electrons. The molecule has 0 heterocycles. The van der Waals surface area contributed by atoms with Gasteiger partial charge in [0.1, 0.15) is 9.84 Å². The molecule has 0 bridgehead atoms. The SMILES string of the molecule is CC(=O)NCCCCNC(=O)CCS(C)(=O)=O. The summed E-state index contributed by atoms with van der Waals surface area (Å²) in [5.41, 5.74) is 0. The third-order valence-corrected chi connectivity index (χ3v) is 2.95. The maximum Gasteiger partial charge on any atom is 0.221 e. The van der Waals surface area contributed by atoms with Crippen LogP contribution in [-0.2, 0) is 19.4 Å². The number of hydrogen-bond acceptors (Lipinski definition) is 4. The van der Waals surface area contributed by atoms with Crippen LogP contribution in [0.15, 0.2) is 0 Å². The van der Waals surface area contributed by atoms with Gasteiger partial charge >= 0.3 is 0 Å². The summed E-state index contributed by atoms with van der Waals surface area (Å²) in [4.78, 5) is 21.7. The normalized spacial score (nSPS) is 10.9. The van der Waals surface area contributed by atoms with Crippen molar-refractivity contribution in [1.82, 2.24) is 10.6 Å². The van der Waals surface area contributed by atoms with Crippen molar-refractivity contribution in [2.24, 2.45) is 0 Å². The Morgan fingerprint density at radius 2 is 1.59 bits per heavy atom. The van der Waals surface area contributed by atoms with Gasteiger partial charge < -0.3 is 10.6 Å². The lowest BCUT2D eigenvalue weighted by Crippen LogP contribution is -2.27. The lowest BCUT2D eigenvalue weighted by molar-refractivity contribution is -0.121. The van der Waals surface area contributed by atoms with E-state index in [0.29, 0.717) is 13.1 Å². The third kappa shape index (κ3) is 12.8. The Balaban J connectivity index is 3.43. The molecule has 0 saturated carbocycles. The van der Waals surface area contributed by atoms with Gasteiger partial charge in [-0.15, -0.1) is 0 Å². The summed E-state index contributed by atoms with van der Waals surface area (Å²) in [7, 11) is -3.08. The first-order valence-corrected chi connectivity index (χ1v) is 7.56. The molecule has 0 atom stereocenters. The summed E-state index contributed by atoms with van der Waals surface area (Å²) in [5.74, 6) is -0.442. The van der Waals surface area contributed by atoms with E-state index in [4.69, 9.17) is 0 Å². The minimum Gasteiger partial charge on any atom is -0.356 e. The van der Waals surface area contributed by atoms with E-state index in [1.165, 1.54) is 6.92 Å². The fraction of sp³-hybridized carbons (Fsp3) is 0.800. The first-order chi connectivity index (χ1) is 7.81. The van der Waals surface area contributed by atoms with E-state index in [0.717, 1.165) is 19.1 Å². The minimum atomic E-state index is -3.08. The minimum absolute atomic E-state index is 0.00449. The third-order valence-electron chi connectivity index (χ3n) is 2.00. The Bertz CT molecular complexity index is 351. The predicted octanol–water partition coefficient (Wildman–Crippen LogP) is -0.546. The molecule has 0 saturated heterocycles. The average molecular weight is 264 g/mol. The van der Waals surface area contributed by atoms with Crippen LogP contribution in [0.1, 0.15) is 26.2 Å². The van der Waals surface area contributed by atoms with Crippen LogP contribution < -0.4 is 10.6 Å². The van der Waals surface area contributed by atoms with Gasteiger partial charge in [-0.05, 0) is 12.8 Å². The second-order valence-corrected chi connectivity index (χ2v) is 6.18. The van der Waals surface area contributed by atoms with E-state index in [2.05, 4.69) is 10.6 Å². The van der Waals surface area contributed by atoms with Crippen LogP contribution in [0.2, 0.25) is 0 Å². The number of sulfone groups is 1. The molecule has 0 radical (unpaired) electrons. The van der Waals surface area contributed by atoms with Gasteiger partial charge in [0.25, 0.3) is 0 Å². The number of nitrogens with one attached hydrogen (secondary N) is 2. The van der Waals surface area contributed by atoms with Crippen molar-refractivity contribution < 1.29 is 18.0 Å². The molecule has 0 rings (SSSR count). The van der Waals surface area contributed by atoms with E-state index >= 15 is 0 Å². The molecule has 17 heavy (non-hydrogen) atoms. The Kier molecular flexibility index (Phi) is 7.53. The molecule has 0 aromatic carbocycles. The van der Waals surface area contributed by atoms with Gasteiger partial charge in [-0.25, -0.2) is 8.42 Å². The molecule has 0 aliphatic carbocycles. The van der Waals surface area contributed by atoms with Crippen molar-refractivity contribution >= 4 is 21.7 Å². The molecule has 0 spiro atoms. The molecule has 6 nitrogen and oxygen atoms in total. The number of carbonyl (C=O) groups is 2. The van der Waals surface area contributed by atoms with Crippen LogP contribution in [0.3, 0.4) is 0 Å². The summed E-state index contributed by atoms with van der Waals surface area (Å²) in [6.07, 6.45) is 2.65. The lowest BCUT2D eigenvalue weighted by atomic mass is 10.3. The largest absolute Gasteiger partial charge is 0.356 e. The molecule has 7 heteroatoms. The highest BCUT2D eigenvalue weighted by atomic mass is 32.2. The number of hydrogen-bond donors (Lipinski definition) is 2. The zero-order valence-corrected chi connectivity index (χ0v) is 11.1. The van der Waals surface area contributed by atoms with E-state index in [1.807, 2.05) is 0 Å². The molecule has 0 unspecified atom stereocenters. The first-order valence-electron chi connectivity index (χ1n) is 5.50. The van der Waals surface area contributed by atoms with Crippen LogP contribution in [0.25, 0.3) is 0 Å². The standard InChI is InChI=1S/C10H20N2O4S/c1-9(13)11-6-3-4-7-12-10(14)5-8-17(2,15)16/h3-8H2,1-2H3,(H,11,13)(H,12,14). The fourth-order valence-corrected chi connectivity index (χ4v) is 1.66. The van der Waals surface area contributed by atoms with Crippen molar-refractivity contribution in [2.45, 2.75) is 26.2 Å². The first kappa shape index (κ1) is 15.9. The van der Waals surface area contributed by atoms with Gasteiger partial charge in [0.2, 0.25) is 11.8 Å². The fourth-order valence-electron chi connectivity index (χ4n) is 1.11.